The summed E-state index contributed by atoms with van der Waals surface area (Å²) < 4.78 is 0. The fraction of sp³-hybridized carbons (Fsp3) is 0. The predicted octanol–water partition coefficient (Wildman–Crippen LogP) is 2.50. The number of hydrogen-bond donors (Lipinski definition) is 1. The Balaban J connectivity index is 3.25. The van der Waals surface area contributed by atoms with E-state index in [4.69, 9.17) is 12.0 Å². The second-order valence-corrected chi connectivity index (χ2v) is 1.96. The van der Waals surface area contributed by atoms with Crippen molar-refractivity contribution in [3.63, 3.8) is 0 Å². The standard InChI is InChI=1S/C9H6N2/c1-11-9-5-3-2-4-8(9)6-7-10/h2-6,10H. The number of nitrogens with one attached hydrogen (secondary N) is 1. The van der Waals surface area contributed by atoms with Crippen LogP contribution in [0.5, 0.6) is 0 Å². The van der Waals surface area contributed by atoms with Gasteiger partial charge in [0.25, 0.3) is 0 Å². The fourth-order valence-corrected chi connectivity index (χ4v) is 0.789. The monoisotopic (exact) mass is 142 g/mol. The molecule has 0 aliphatic carbocycles. The summed E-state index contributed by atoms with van der Waals surface area (Å²) in [5, 5.41) is 6.70. The summed E-state index contributed by atoms with van der Waals surface area (Å²) >= 11 is 0. The Hall–Kier alpha value is -1.84. The molecule has 0 fully saturated rings. The Morgan fingerprint density at radius 1 is 1.45 bits per heavy atom. The van der Waals surface area contributed by atoms with Crippen molar-refractivity contribution < 1.29 is 0 Å². The van der Waals surface area contributed by atoms with E-state index in [-0.39, 0.29) is 0 Å². The van der Waals surface area contributed by atoms with Gasteiger partial charge in [-0.25, -0.2) is 4.85 Å². The number of hydrogen-bond acceptors (Lipinski definition) is 1. The van der Waals surface area contributed by atoms with Crippen molar-refractivity contribution >= 4 is 17.6 Å². The van der Waals surface area contributed by atoms with E-state index < -0.39 is 0 Å². The Labute approximate surface area is 65.1 Å². The van der Waals surface area contributed by atoms with Crippen LogP contribution in [0.1, 0.15) is 5.56 Å². The average molecular weight is 142 g/mol. The van der Waals surface area contributed by atoms with Gasteiger partial charge in [0, 0.05) is 0 Å². The quantitative estimate of drug-likeness (QED) is 0.461. The number of para-hydroxylation sites is 1. The average Bonchev–Trinajstić information content (AvgIpc) is 2.06. The molecular formula is C9H6N2. The van der Waals surface area contributed by atoms with Gasteiger partial charge in [-0.2, -0.15) is 0 Å². The SMILES string of the molecule is [C-]#[N+]c1ccccc1C=C=N. The maximum absolute atomic E-state index is 6.78. The summed E-state index contributed by atoms with van der Waals surface area (Å²) in [6, 6.07) is 7.14. The van der Waals surface area contributed by atoms with Crippen LogP contribution >= 0.6 is 0 Å². The van der Waals surface area contributed by atoms with Gasteiger partial charge in [0.05, 0.1) is 6.57 Å². The summed E-state index contributed by atoms with van der Waals surface area (Å²) in [4.78, 5) is 3.28. The van der Waals surface area contributed by atoms with Gasteiger partial charge in [0.2, 0.25) is 0 Å². The third-order valence-electron chi connectivity index (χ3n) is 1.28. The van der Waals surface area contributed by atoms with Crippen LogP contribution < -0.4 is 0 Å². The van der Waals surface area contributed by atoms with Crippen molar-refractivity contribution in [2.24, 2.45) is 0 Å². The molecule has 0 atom stereocenters. The minimum atomic E-state index is 0.562. The van der Waals surface area contributed by atoms with Crippen molar-refractivity contribution in [3.8, 4) is 0 Å². The van der Waals surface area contributed by atoms with Gasteiger partial charge in [0.1, 0.15) is 0 Å². The normalized spacial score (nSPS) is 7.91. The first-order valence-corrected chi connectivity index (χ1v) is 3.10. The Morgan fingerprint density at radius 3 is 2.82 bits per heavy atom. The first-order chi connectivity index (χ1) is 5.38. The van der Waals surface area contributed by atoms with Crippen LogP contribution in [-0.2, 0) is 0 Å². The van der Waals surface area contributed by atoms with Crippen molar-refractivity contribution in [1.29, 1.82) is 5.41 Å². The zero-order valence-corrected chi connectivity index (χ0v) is 5.83. The second kappa shape index (κ2) is 3.36. The van der Waals surface area contributed by atoms with Gasteiger partial charge in [-0.1, -0.05) is 24.3 Å². The molecule has 0 unspecified atom stereocenters. The smallest absolute Gasteiger partial charge is 0.194 e. The van der Waals surface area contributed by atoms with E-state index in [1.54, 1.807) is 18.2 Å². The van der Waals surface area contributed by atoms with Crippen LogP contribution in [-0.4, -0.2) is 5.87 Å². The van der Waals surface area contributed by atoms with Crippen LogP contribution in [0.15, 0.2) is 24.3 Å². The fourth-order valence-electron chi connectivity index (χ4n) is 0.789. The first kappa shape index (κ1) is 7.27. The highest BCUT2D eigenvalue weighted by Crippen LogP contribution is 2.18. The highest BCUT2D eigenvalue weighted by Gasteiger charge is 1.94. The molecule has 2 heteroatoms. The van der Waals surface area contributed by atoms with E-state index in [2.05, 4.69) is 10.7 Å². The molecule has 11 heavy (non-hydrogen) atoms. The minimum Gasteiger partial charge on any atom is -0.259 e. The van der Waals surface area contributed by atoms with Gasteiger partial charge >= 0.3 is 0 Å². The molecule has 1 rings (SSSR count). The second-order valence-electron chi connectivity index (χ2n) is 1.96. The Morgan fingerprint density at radius 2 is 2.18 bits per heavy atom. The van der Waals surface area contributed by atoms with Gasteiger partial charge in [0.15, 0.2) is 5.69 Å². The lowest BCUT2D eigenvalue weighted by molar-refractivity contribution is 1.59. The molecule has 0 aliphatic heterocycles. The summed E-state index contributed by atoms with van der Waals surface area (Å²) in [5.41, 5.74) is 1.31. The minimum absolute atomic E-state index is 0.562. The zero-order valence-electron chi connectivity index (χ0n) is 5.83. The molecule has 0 heterocycles. The third kappa shape index (κ3) is 1.54. The van der Waals surface area contributed by atoms with Crippen LogP contribution in [0.4, 0.5) is 5.69 Å². The lowest BCUT2D eigenvalue weighted by Crippen LogP contribution is -1.70. The predicted molar refractivity (Wildman–Crippen MR) is 44.9 cm³/mol. The van der Waals surface area contributed by atoms with Crippen LogP contribution in [0.2, 0.25) is 0 Å². The Kier molecular flexibility index (Phi) is 2.22. The van der Waals surface area contributed by atoms with Crippen molar-refractivity contribution in [2.75, 3.05) is 0 Å². The van der Waals surface area contributed by atoms with E-state index in [0.29, 0.717) is 5.69 Å². The van der Waals surface area contributed by atoms with Gasteiger partial charge in [-0.3, -0.25) is 5.41 Å². The van der Waals surface area contributed by atoms with E-state index in [0.717, 1.165) is 5.56 Å². The van der Waals surface area contributed by atoms with Crippen LogP contribution in [0, 0.1) is 12.0 Å². The topological polar surface area (TPSA) is 28.2 Å². The van der Waals surface area contributed by atoms with Crippen LogP contribution in [0.25, 0.3) is 10.9 Å². The van der Waals surface area contributed by atoms with Crippen LogP contribution in [0.3, 0.4) is 0 Å². The molecule has 1 aromatic rings. The molecule has 1 aromatic carbocycles. The highest BCUT2D eigenvalue weighted by molar-refractivity contribution is 5.81. The van der Waals surface area contributed by atoms with E-state index >= 15 is 0 Å². The number of benzene rings is 1. The molecule has 0 aromatic heterocycles. The van der Waals surface area contributed by atoms with Crippen molar-refractivity contribution in [3.05, 3.63) is 41.2 Å². The molecule has 0 radical (unpaired) electrons. The first-order valence-electron chi connectivity index (χ1n) is 3.10. The maximum Gasteiger partial charge on any atom is 0.194 e. The van der Waals surface area contributed by atoms with E-state index in [1.807, 2.05) is 6.07 Å². The summed E-state index contributed by atoms with van der Waals surface area (Å²) in [5.74, 6) is 2.14. The molecule has 0 saturated carbocycles. The van der Waals surface area contributed by atoms with Crippen molar-refractivity contribution in [1.82, 2.24) is 0 Å². The molecule has 1 N–H and O–H groups in total. The molecule has 0 amide bonds. The van der Waals surface area contributed by atoms with Crippen molar-refractivity contribution in [2.45, 2.75) is 0 Å². The summed E-state index contributed by atoms with van der Waals surface area (Å²) in [7, 11) is 0. The van der Waals surface area contributed by atoms with Gasteiger partial charge in [-0.15, -0.1) is 0 Å². The lowest BCUT2D eigenvalue weighted by atomic mass is 10.2. The molecular weight excluding hydrogens is 136 g/mol. The van der Waals surface area contributed by atoms with E-state index in [1.165, 1.54) is 6.08 Å². The maximum atomic E-state index is 6.78. The summed E-state index contributed by atoms with van der Waals surface area (Å²) in [6.07, 6.45) is 1.48. The molecule has 0 aliphatic rings. The molecule has 0 spiro atoms. The zero-order chi connectivity index (χ0) is 8.10. The molecule has 0 bridgehead atoms. The highest BCUT2D eigenvalue weighted by atomic mass is 14.6. The molecule has 0 saturated heterocycles. The summed E-state index contributed by atoms with van der Waals surface area (Å²) in [6.45, 7) is 6.78. The van der Waals surface area contributed by atoms with E-state index in [9.17, 15) is 0 Å². The largest absolute Gasteiger partial charge is 0.259 e. The lowest BCUT2D eigenvalue weighted by Gasteiger charge is -1.92. The number of nitrogens with zero attached hydrogens (tertiary/aromatic N) is 1. The Bertz CT molecular complexity index is 341. The molecule has 52 valence electrons. The third-order valence-corrected chi connectivity index (χ3v) is 1.28. The van der Waals surface area contributed by atoms with Gasteiger partial charge < -0.3 is 0 Å². The number of rotatable bonds is 1. The molecule has 2 nitrogen and oxygen atoms in total. The van der Waals surface area contributed by atoms with Gasteiger partial charge in [-0.05, 0) is 17.5 Å².